The molecule has 2 aromatic rings. The van der Waals surface area contributed by atoms with Crippen molar-refractivity contribution in [1.29, 1.82) is 0 Å². The Morgan fingerprint density at radius 2 is 1.95 bits per heavy atom. The molecule has 21 heavy (non-hydrogen) atoms. The summed E-state index contributed by atoms with van der Waals surface area (Å²) < 4.78 is 28.2. The molecule has 0 spiro atoms. The van der Waals surface area contributed by atoms with E-state index in [0.29, 0.717) is 4.47 Å². The van der Waals surface area contributed by atoms with E-state index in [1.807, 2.05) is 0 Å². The van der Waals surface area contributed by atoms with Crippen LogP contribution in [0, 0.1) is 17.0 Å². The minimum atomic E-state index is -3.79. The fraction of sp³-hybridized carbons (Fsp3) is 0.0909. The second-order valence-corrected chi connectivity index (χ2v) is 9.18. The van der Waals surface area contributed by atoms with Gasteiger partial charge in [0, 0.05) is 16.6 Å². The number of aryl methyl sites for hydroxylation is 1. The van der Waals surface area contributed by atoms with Crippen LogP contribution in [-0.2, 0) is 10.0 Å². The molecule has 10 heteroatoms. The third-order valence-corrected chi connectivity index (χ3v) is 7.17. The monoisotopic (exact) mass is 454 g/mol. The third-order valence-electron chi connectivity index (χ3n) is 2.50. The number of nitrogens with one attached hydrogen (secondary N) is 1. The first kappa shape index (κ1) is 16.4. The summed E-state index contributed by atoms with van der Waals surface area (Å²) in [6.45, 7) is 1.78. The lowest BCUT2D eigenvalue weighted by atomic mass is 10.3. The Morgan fingerprint density at radius 1 is 1.29 bits per heavy atom. The average molecular weight is 456 g/mol. The minimum Gasteiger partial charge on any atom is -0.278 e. The van der Waals surface area contributed by atoms with E-state index in [-0.39, 0.29) is 15.6 Å². The second kappa shape index (κ2) is 6.03. The van der Waals surface area contributed by atoms with Crippen LogP contribution in [0.1, 0.15) is 5.56 Å². The Kier molecular flexibility index (Phi) is 4.71. The van der Waals surface area contributed by atoms with Crippen molar-refractivity contribution in [2.24, 2.45) is 0 Å². The molecule has 0 amide bonds. The molecule has 6 nitrogen and oxygen atoms in total. The van der Waals surface area contributed by atoms with Crippen LogP contribution < -0.4 is 4.72 Å². The molecule has 0 aliphatic rings. The third kappa shape index (κ3) is 3.62. The fourth-order valence-corrected chi connectivity index (χ4v) is 5.24. The molecule has 0 unspecified atom stereocenters. The largest absolute Gasteiger partial charge is 0.278 e. The van der Waals surface area contributed by atoms with E-state index in [1.54, 1.807) is 6.92 Å². The number of sulfonamides is 1. The van der Waals surface area contributed by atoms with Gasteiger partial charge in [0.1, 0.15) is 4.21 Å². The van der Waals surface area contributed by atoms with E-state index in [9.17, 15) is 18.5 Å². The van der Waals surface area contributed by atoms with Gasteiger partial charge in [0.2, 0.25) is 0 Å². The quantitative estimate of drug-likeness (QED) is 0.549. The maximum atomic E-state index is 12.3. The minimum absolute atomic E-state index is 0.117. The molecular formula is C11H8Br2N2O4S2. The van der Waals surface area contributed by atoms with Crippen LogP contribution in [0.2, 0.25) is 0 Å². The first-order valence-electron chi connectivity index (χ1n) is 5.43. The summed E-state index contributed by atoms with van der Waals surface area (Å²) in [7, 11) is -3.79. The summed E-state index contributed by atoms with van der Waals surface area (Å²) in [6.07, 6.45) is 0. The van der Waals surface area contributed by atoms with E-state index in [1.165, 1.54) is 18.2 Å². The maximum absolute atomic E-state index is 12.3. The summed E-state index contributed by atoms with van der Waals surface area (Å²) >= 11 is 7.51. The molecule has 0 aliphatic carbocycles. The zero-order valence-electron chi connectivity index (χ0n) is 10.5. The molecule has 1 heterocycles. The number of nitro groups is 1. The summed E-state index contributed by atoms with van der Waals surface area (Å²) in [5.41, 5.74) is 0.726. The Hall–Kier alpha value is -0.970. The number of non-ortho nitro benzene ring substituents is 1. The Bertz CT molecular complexity index is 798. The molecule has 0 aliphatic heterocycles. The lowest BCUT2D eigenvalue weighted by Gasteiger charge is -2.08. The van der Waals surface area contributed by atoms with Crippen LogP contribution in [0.25, 0.3) is 0 Å². The highest BCUT2D eigenvalue weighted by Crippen LogP contribution is 2.33. The van der Waals surface area contributed by atoms with Gasteiger partial charge in [-0.3, -0.25) is 14.8 Å². The molecule has 112 valence electrons. The number of rotatable bonds is 4. The van der Waals surface area contributed by atoms with Crippen molar-refractivity contribution in [1.82, 2.24) is 0 Å². The number of hydrogen-bond acceptors (Lipinski definition) is 5. The van der Waals surface area contributed by atoms with Gasteiger partial charge in [-0.2, -0.15) is 0 Å². The number of halogens is 2. The summed E-state index contributed by atoms with van der Waals surface area (Å²) in [5.74, 6) is 0. The zero-order valence-corrected chi connectivity index (χ0v) is 15.3. The van der Waals surface area contributed by atoms with Crippen LogP contribution in [0.3, 0.4) is 0 Å². The Balaban J connectivity index is 2.41. The molecule has 1 N–H and O–H groups in total. The van der Waals surface area contributed by atoms with E-state index < -0.39 is 14.9 Å². The van der Waals surface area contributed by atoms with Gasteiger partial charge in [0.15, 0.2) is 0 Å². The lowest BCUT2D eigenvalue weighted by molar-refractivity contribution is -0.384. The smallest absolute Gasteiger partial charge is 0.271 e. The highest BCUT2D eigenvalue weighted by Gasteiger charge is 2.20. The van der Waals surface area contributed by atoms with Gasteiger partial charge < -0.3 is 0 Å². The molecule has 0 saturated heterocycles. The van der Waals surface area contributed by atoms with Crippen LogP contribution in [0.4, 0.5) is 11.4 Å². The average Bonchev–Trinajstić information content (AvgIpc) is 2.73. The van der Waals surface area contributed by atoms with Crippen LogP contribution in [-0.4, -0.2) is 13.3 Å². The van der Waals surface area contributed by atoms with Gasteiger partial charge in [0.25, 0.3) is 15.7 Å². The molecular weight excluding hydrogens is 448 g/mol. The maximum Gasteiger partial charge on any atom is 0.271 e. The van der Waals surface area contributed by atoms with Crippen molar-refractivity contribution >= 4 is 64.6 Å². The highest BCUT2D eigenvalue weighted by atomic mass is 79.9. The highest BCUT2D eigenvalue weighted by molar-refractivity contribution is 9.11. The summed E-state index contributed by atoms with van der Waals surface area (Å²) in [6, 6.07) is 5.40. The lowest BCUT2D eigenvalue weighted by Crippen LogP contribution is -2.12. The number of hydrogen-bond donors (Lipinski definition) is 1. The SMILES string of the molecule is Cc1cc(S(=O)(=O)Nc2cc([N+](=O)[O-])ccc2Br)sc1Br. The second-order valence-electron chi connectivity index (χ2n) is 4.05. The van der Waals surface area contributed by atoms with Gasteiger partial charge in [-0.15, -0.1) is 11.3 Å². The van der Waals surface area contributed by atoms with Gasteiger partial charge in [0.05, 0.1) is 14.4 Å². The van der Waals surface area contributed by atoms with Crippen molar-refractivity contribution in [2.75, 3.05) is 4.72 Å². The Morgan fingerprint density at radius 3 is 2.48 bits per heavy atom. The molecule has 1 aromatic heterocycles. The normalized spacial score (nSPS) is 11.4. The van der Waals surface area contributed by atoms with Crippen molar-refractivity contribution in [2.45, 2.75) is 11.1 Å². The number of nitrogens with zero attached hydrogens (tertiary/aromatic N) is 1. The summed E-state index contributed by atoms with van der Waals surface area (Å²) in [5, 5.41) is 10.8. The van der Waals surface area contributed by atoms with Gasteiger partial charge in [-0.25, -0.2) is 8.42 Å². The van der Waals surface area contributed by atoms with Crippen LogP contribution in [0.15, 0.2) is 36.7 Å². The van der Waals surface area contributed by atoms with Crippen LogP contribution in [0.5, 0.6) is 0 Å². The predicted molar refractivity (Wildman–Crippen MR) is 88.4 cm³/mol. The molecule has 0 radical (unpaired) electrons. The topological polar surface area (TPSA) is 89.3 Å². The molecule has 0 bridgehead atoms. The van der Waals surface area contributed by atoms with Crippen molar-refractivity contribution in [3.8, 4) is 0 Å². The van der Waals surface area contributed by atoms with Gasteiger partial charge in [-0.1, -0.05) is 0 Å². The molecule has 0 fully saturated rings. The number of benzene rings is 1. The van der Waals surface area contributed by atoms with Crippen LogP contribution >= 0.6 is 43.2 Å². The number of nitro benzene ring substituents is 1. The predicted octanol–water partition coefficient (Wildman–Crippen LogP) is 4.29. The van der Waals surface area contributed by atoms with E-state index in [0.717, 1.165) is 26.8 Å². The van der Waals surface area contributed by atoms with Crippen molar-refractivity contribution in [3.63, 3.8) is 0 Å². The van der Waals surface area contributed by atoms with E-state index >= 15 is 0 Å². The molecule has 0 saturated carbocycles. The molecule has 0 atom stereocenters. The zero-order chi connectivity index (χ0) is 15.8. The van der Waals surface area contributed by atoms with Gasteiger partial charge in [-0.05, 0) is 56.5 Å². The fourth-order valence-electron chi connectivity index (χ4n) is 1.46. The summed E-state index contributed by atoms with van der Waals surface area (Å²) in [4.78, 5) is 10.2. The molecule has 1 aromatic carbocycles. The Labute approximate surface area is 141 Å². The first-order chi connectivity index (χ1) is 9.70. The van der Waals surface area contributed by atoms with E-state index in [4.69, 9.17) is 0 Å². The first-order valence-corrected chi connectivity index (χ1v) is 9.32. The van der Waals surface area contributed by atoms with E-state index in [2.05, 4.69) is 36.6 Å². The molecule has 2 rings (SSSR count). The van der Waals surface area contributed by atoms with Crippen molar-refractivity contribution in [3.05, 3.63) is 48.2 Å². The van der Waals surface area contributed by atoms with Crippen molar-refractivity contribution < 1.29 is 13.3 Å². The number of anilines is 1. The number of thiophene rings is 1. The standard InChI is InChI=1S/C11H8Br2N2O4S2/c1-6-4-10(20-11(6)13)21(18,19)14-9-5-7(15(16)17)2-3-8(9)12/h2-5,14H,1H3. The van der Waals surface area contributed by atoms with Gasteiger partial charge >= 0.3 is 0 Å².